The van der Waals surface area contributed by atoms with Crippen LogP contribution in [0.25, 0.3) is 0 Å². The van der Waals surface area contributed by atoms with E-state index in [0.717, 1.165) is 12.0 Å². The first-order valence-corrected chi connectivity index (χ1v) is 4.59. The molecule has 0 aromatic heterocycles. The van der Waals surface area contributed by atoms with Gasteiger partial charge in [-0.3, -0.25) is 0 Å². The maximum absolute atomic E-state index is 13.2. The van der Waals surface area contributed by atoms with Gasteiger partial charge in [-0.2, -0.15) is 0 Å². The standard InChI is InChI=1S/C11H15FO/c1-3-4-11(13)9-7-8(2)5-6-10(9)12/h5-7,11,13H,3-4H2,1-2H3/t11-/m1/s1. The third-order valence-electron chi connectivity index (χ3n) is 2.07. The lowest BCUT2D eigenvalue weighted by atomic mass is 10.0. The molecule has 1 aromatic carbocycles. The molecule has 0 aliphatic carbocycles. The van der Waals surface area contributed by atoms with Crippen LogP contribution in [0.2, 0.25) is 0 Å². The normalized spacial score (nSPS) is 12.9. The number of rotatable bonds is 3. The van der Waals surface area contributed by atoms with Crippen molar-refractivity contribution in [2.24, 2.45) is 0 Å². The fraction of sp³-hybridized carbons (Fsp3) is 0.455. The number of halogens is 1. The van der Waals surface area contributed by atoms with Crippen LogP contribution in [-0.2, 0) is 0 Å². The molecular formula is C11H15FO. The second-order valence-corrected chi connectivity index (χ2v) is 3.33. The first-order valence-electron chi connectivity index (χ1n) is 4.59. The molecule has 1 N–H and O–H groups in total. The Morgan fingerprint density at radius 1 is 1.46 bits per heavy atom. The molecule has 72 valence electrons. The van der Waals surface area contributed by atoms with Crippen molar-refractivity contribution in [2.45, 2.75) is 32.8 Å². The Labute approximate surface area is 78.2 Å². The molecule has 0 radical (unpaired) electrons. The van der Waals surface area contributed by atoms with Gasteiger partial charge in [-0.15, -0.1) is 0 Å². The topological polar surface area (TPSA) is 20.2 Å². The van der Waals surface area contributed by atoms with Gasteiger partial charge in [-0.25, -0.2) is 4.39 Å². The Morgan fingerprint density at radius 3 is 2.77 bits per heavy atom. The number of hydrogen-bond acceptors (Lipinski definition) is 1. The quantitative estimate of drug-likeness (QED) is 0.762. The summed E-state index contributed by atoms with van der Waals surface area (Å²) in [5, 5.41) is 9.59. The highest BCUT2D eigenvalue weighted by molar-refractivity contribution is 5.25. The fourth-order valence-corrected chi connectivity index (χ4v) is 1.35. The monoisotopic (exact) mass is 182 g/mol. The molecule has 1 aromatic rings. The Morgan fingerprint density at radius 2 is 2.15 bits per heavy atom. The summed E-state index contributed by atoms with van der Waals surface area (Å²) in [5.41, 5.74) is 1.40. The Hall–Kier alpha value is -0.890. The fourth-order valence-electron chi connectivity index (χ4n) is 1.35. The third kappa shape index (κ3) is 2.52. The molecule has 0 saturated carbocycles. The highest BCUT2D eigenvalue weighted by Gasteiger charge is 2.11. The van der Waals surface area contributed by atoms with Crippen molar-refractivity contribution in [3.63, 3.8) is 0 Å². The van der Waals surface area contributed by atoms with Gasteiger partial charge in [0.1, 0.15) is 5.82 Å². The van der Waals surface area contributed by atoms with E-state index < -0.39 is 6.10 Å². The summed E-state index contributed by atoms with van der Waals surface area (Å²) in [6.45, 7) is 3.86. The van der Waals surface area contributed by atoms with E-state index in [2.05, 4.69) is 0 Å². The largest absolute Gasteiger partial charge is 0.388 e. The minimum absolute atomic E-state index is 0.313. The van der Waals surface area contributed by atoms with Crippen molar-refractivity contribution >= 4 is 0 Å². The Balaban J connectivity index is 2.91. The van der Waals surface area contributed by atoms with Gasteiger partial charge in [0, 0.05) is 5.56 Å². The second-order valence-electron chi connectivity index (χ2n) is 3.33. The van der Waals surface area contributed by atoms with E-state index in [1.54, 1.807) is 12.1 Å². The molecule has 0 fully saturated rings. The van der Waals surface area contributed by atoms with Crippen LogP contribution in [0.1, 0.15) is 37.0 Å². The van der Waals surface area contributed by atoms with Crippen molar-refractivity contribution in [3.05, 3.63) is 35.1 Å². The van der Waals surface area contributed by atoms with Gasteiger partial charge < -0.3 is 5.11 Å². The molecule has 1 rings (SSSR count). The summed E-state index contributed by atoms with van der Waals surface area (Å²) in [6.07, 6.45) is 0.805. The summed E-state index contributed by atoms with van der Waals surface area (Å²) in [7, 11) is 0. The summed E-state index contributed by atoms with van der Waals surface area (Å²) < 4.78 is 13.2. The molecule has 1 nitrogen and oxygen atoms in total. The zero-order chi connectivity index (χ0) is 9.84. The maximum atomic E-state index is 13.2. The van der Waals surface area contributed by atoms with Gasteiger partial charge in [-0.05, 0) is 19.4 Å². The van der Waals surface area contributed by atoms with Gasteiger partial charge in [0.05, 0.1) is 6.10 Å². The van der Waals surface area contributed by atoms with Gasteiger partial charge >= 0.3 is 0 Å². The van der Waals surface area contributed by atoms with Crippen LogP contribution in [0, 0.1) is 12.7 Å². The first kappa shape index (κ1) is 10.2. The minimum Gasteiger partial charge on any atom is -0.388 e. The van der Waals surface area contributed by atoms with E-state index in [1.165, 1.54) is 6.07 Å². The van der Waals surface area contributed by atoms with Crippen LogP contribution in [-0.4, -0.2) is 5.11 Å². The molecule has 2 heteroatoms. The molecule has 0 amide bonds. The molecule has 0 bridgehead atoms. The van der Waals surface area contributed by atoms with E-state index in [0.29, 0.717) is 12.0 Å². The number of aliphatic hydroxyl groups excluding tert-OH is 1. The molecule has 0 aliphatic heterocycles. The molecule has 13 heavy (non-hydrogen) atoms. The Bertz CT molecular complexity index is 283. The van der Waals surface area contributed by atoms with Gasteiger partial charge in [0.2, 0.25) is 0 Å². The number of hydrogen-bond donors (Lipinski definition) is 1. The number of benzene rings is 1. The van der Waals surface area contributed by atoms with Crippen molar-refractivity contribution in [3.8, 4) is 0 Å². The second kappa shape index (κ2) is 4.38. The average Bonchev–Trinajstić information content (AvgIpc) is 2.09. The predicted molar refractivity (Wildman–Crippen MR) is 51.0 cm³/mol. The van der Waals surface area contributed by atoms with Crippen LogP contribution >= 0.6 is 0 Å². The van der Waals surface area contributed by atoms with Gasteiger partial charge in [-0.1, -0.05) is 31.0 Å². The van der Waals surface area contributed by atoms with Crippen molar-refractivity contribution in [2.75, 3.05) is 0 Å². The Kier molecular flexibility index (Phi) is 3.43. The van der Waals surface area contributed by atoms with Crippen LogP contribution in [0.15, 0.2) is 18.2 Å². The number of aliphatic hydroxyl groups is 1. The minimum atomic E-state index is -0.662. The summed E-state index contributed by atoms with van der Waals surface area (Å²) >= 11 is 0. The van der Waals surface area contributed by atoms with Crippen LogP contribution in [0.5, 0.6) is 0 Å². The number of aryl methyl sites for hydroxylation is 1. The highest BCUT2D eigenvalue weighted by atomic mass is 19.1. The lowest BCUT2D eigenvalue weighted by Gasteiger charge is -2.11. The average molecular weight is 182 g/mol. The van der Waals surface area contributed by atoms with Crippen molar-refractivity contribution in [1.29, 1.82) is 0 Å². The van der Waals surface area contributed by atoms with E-state index in [1.807, 2.05) is 13.8 Å². The zero-order valence-corrected chi connectivity index (χ0v) is 8.05. The zero-order valence-electron chi connectivity index (χ0n) is 8.05. The van der Waals surface area contributed by atoms with Crippen molar-refractivity contribution < 1.29 is 9.50 Å². The lowest BCUT2D eigenvalue weighted by molar-refractivity contribution is 0.162. The van der Waals surface area contributed by atoms with Crippen LogP contribution < -0.4 is 0 Å². The molecule has 0 spiro atoms. The van der Waals surface area contributed by atoms with E-state index >= 15 is 0 Å². The molecule has 1 atom stereocenters. The molecule has 0 saturated heterocycles. The lowest BCUT2D eigenvalue weighted by Crippen LogP contribution is -2.00. The van der Waals surface area contributed by atoms with E-state index in [-0.39, 0.29) is 5.82 Å². The summed E-state index contributed by atoms with van der Waals surface area (Å²) in [6, 6.07) is 4.82. The third-order valence-corrected chi connectivity index (χ3v) is 2.07. The van der Waals surface area contributed by atoms with Crippen LogP contribution in [0.3, 0.4) is 0 Å². The van der Waals surface area contributed by atoms with E-state index in [4.69, 9.17) is 0 Å². The molecular weight excluding hydrogens is 167 g/mol. The SMILES string of the molecule is CCC[C@@H](O)c1cc(C)ccc1F. The molecule has 0 aliphatic rings. The first-order chi connectivity index (χ1) is 6.15. The summed E-state index contributed by atoms with van der Waals surface area (Å²) in [5.74, 6) is -0.313. The van der Waals surface area contributed by atoms with Gasteiger partial charge in [0.25, 0.3) is 0 Å². The predicted octanol–water partition coefficient (Wildman–Crippen LogP) is 2.97. The maximum Gasteiger partial charge on any atom is 0.129 e. The molecule has 0 heterocycles. The van der Waals surface area contributed by atoms with Gasteiger partial charge in [0.15, 0.2) is 0 Å². The molecule has 0 unspecified atom stereocenters. The highest BCUT2D eigenvalue weighted by Crippen LogP contribution is 2.22. The van der Waals surface area contributed by atoms with Crippen LogP contribution in [0.4, 0.5) is 4.39 Å². The van der Waals surface area contributed by atoms with E-state index in [9.17, 15) is 9.50 Å². The summed E-state index contributed by atoms with van der Waals surface area (Å²) in [4.78, 5) is 0. The van der Waals surface area contributed by atoms with Crippen molar-refractivity contribution in [1.82, 2.24) is 0 Å². The smallest absolute Gasteiger partial charge is 0.129 e.